The van der Waals surface area contributed by atoms with Crippen molar-refractivity contribution in [3.05, 3.63) is 36.0 Å². The first-order valence-corrected chi connectivity index (χ1v) is 6.95. The van der Waals surface area contributed by atoms with Gasteiger partial charge in [-0.25, -0.2) is 9.59 Å². The second-order valence-electron chi connectivity index (χ2n) is 6.09. The van der Waals surface area contributed by atoms with Gasteiger partial charge in [0, 0.05) is 6.42 Å². The third-order valence-electron chi connectivity index (χ3n) is 2.77. The van der Waals surface area contributed by atoms with Gasteiger partial charge in [-0.15, -0.1) is 0 Å². The number of rotatable bonds is 4. The highest BCUT2D eigenvalue weighted by Gasteiger charge is 2.24. The molecule has 21 heavy (non-hydrogen) atoms. The molecule has 0 fully saturated rings. The van der Waals surface area contributed by atoms with Gasteiger partial charge in [-0.2, -0.15) is 0 Å². The van der Waals surface area contributed by atoms with Crippen molar-refractivity contribution >= 4 is 12.1 Å². The first-order valence-electron chi connectivity index (χ1n) is 6.95. The Labute approximate surface area is 125 Å². The Morgan fingerprint density at radius 1 is 1.38 bits per heavy atom. The standard InChI is InChI=1S/C16H23NO4/c1-11-6-5-7-12(9-8-11)10-13(14(18)19)17-15(20)21-16(2,3)4/h5-9,11,13H,10H2,1-4H3,(H,17,20)(H,18,19)/t11?,13-/m1/s1. The van der Waals surface area contributed by atoms with E-state index in [1.807, 2.05) is 37.3 Å². The number of nitrogens with one attached hydrogen (secondary N) is 1. The lowest BCUT2D eigenvalue weighted by atomic mass is 10.1. The number of carbonyl (C=O) groups excluding carboxylic acids is 1. The number of amides is 1. The predicted octanol–water partition coefficient (Wildman–Crippen LogP) is 3.04. The summed E-state index contributed by atoms with van der Waals surface area (Å²) < 4.78 is 5.08. The quantitative estimate of drug-likeness (QED) is 0.835. The van der Waals surface area contributed by atoms with Crippen LogP contribution in [0.25, 0.3) is 0 Å². The van der Waals surface area contributed by atoms with Gasteiger partial charge in [0.05, 0.1) is 0 Å². The molecular formula is C16H23NO4. The van der Waals surface area contributed by atoms with Crippen molar-refractivity contribution in [2.75, 3.05) is 0 Å². The predicted molar refractivity (Wildman–Crippen MR) is 80.9 cm³/mol. The van der Waals surface area contributed by atoms with Crippen LogP contribution >= 0.6 is 0 Å². The fourth-order valence-corrected chi connectivity index (χ4v) is 1.77. The monoisotopic (exact) mass is 293 g/mol. The fourth-order valence-electron chi connectivity index (χ4n) is 1.77. The van der Waals surface area contributed by atoms with Crippen LogP contribution in [0.2, 0.25) is 0 Å². The van der Waals surface area contributed by atoms with Crippen LogP contribution in [0.5, 0.6) is 0 Å². The van der Waals surface area contributed by atoms with Crippen LogP contribution in [-0.4, -0.2) is 28.8 Å². The van der Waals surface area contributed by atoms with Crippen molar-refractivity contribution in [3.8, 4) is 0 Å². The molecule has 0 saturated carbocycles. The largest absolute Gasteiger partial charge is 0.480 e. The van der Waals surface area contributed by atoms with Gasteiger partial charge in [-0.1, -0.05) is 37.3 Å². The molecule has 0 spiro atoms. The lowest BCUT2D eigenvalue weighted by molar-refractivity contribution is -0.139. The Kier molecular flexibility index (Phi) is 5.76. The molecule has 0 saturated heterocycles. The summed E-state index contributed by atoms with van der Waals surface area (Å²) in [6, 6.07) is -1.02. The lowest BCUT2D eigenvalue weighted by Gasteiger charge is -2.22. The van der Waals surface area contributed by atoms with Crippen LogP contribution < -0.4 is 5.32 Å². The van der Waals surface area contributed by atoms with Crippen molar-refractivity contribution in [2.45, 2.75) is 45.8 Å². The molecule has 5 nitrogen and oxygen atoms in total. The summed E-state index contributed by atoms with van der Waals surface area (Å²) in [5, 5.41) is 11.6. The zero-order valence-electron chi connectivity index (χ0n) is 12.9. The van der Waals surface area contributed by atoms with Crippen LogP contribution in [0.3, 0.4) is 0 Å². The first kappa shape index (κ1) is 17.0. The highest BCUT2D eigenvalue weighted by molar-refractivity contribution is 5.80. The topological polar surface area (TPSA) is 75.6 Å². The maximum Gasteiger partial charge on any atom is 0.408 e. The van der Waals surface area contributed by atoms with Gasteiger partial charge in [0.1, 0.15) is 11.6 Å². The van der Waals surface area contributed by atoms with Gasteiger partial charge in [0.2, 0.25) is 0 Å². The molecule has 0 heterocycles. The number of carbonyl (C=O) groups is 2. The third kappa shape index (κ3) is 6.79. The van der Waals surface area contributed by atoms with E-state index in [9.17, 15) is 14.7 Å². The SMILES string of the molecule is CC1C=CC=C(C[C@@H](NC(=O)OC(C)(C)C)C(=O)O)C=C1. The average Bonchev–Trinajstić information content (AvgIpc) is 2.51. The molecule has 1 aliphatic carbocycles. The number of allylic oxidation sites excluding steroid dienone is 5. The van der Waals surface area contributed by atoms with Gasteiger partial charge in [0.15, 0.2) is 0 Å². The summed E-state index contributed by atoms with van der Waals surface area (Å²) in [5.41, 5.74) is 0.186. The van der Waals surface area contributed by atoms with Crippen LogP contribution in [0.15, 0.2) is 36.0 Å². The van der Waals surface area contributed by atoms with Gasteiger partial charge in [-0.3, -0.25) is 0 Å². The summed E-state index contributed by atoms with van der Waals surface area (Å²) in [4.78, 5) is 23.0. The molecule has 0 bridgehead atoms. The van der Waals surface area contributed by atoms with Gasteiger partial charge in [0.25, 0.3) is 0 Å². The van der Waals surface area contributed by atoms with E-state index in [2.05, 4.69) is 5.32 Å². The summed E-state index contributed by atoms with van der Waals surface area (Å²) >= 11 is 0. The number of hydrogen-bond donors (Lipinski definition) is 2. The highest BCUT2D eigenvalue weighted by Crippen LogP contribution is 2.15. The Balaban J connectivity index is 2.69. The zero-order valence-corrected chi connectivity index (χ0v) is 12.9. The smallest absolute Gasteiger partial charge is 0.408 e. The van der Waals surface area contributed by atoms with Crippen LogP contribution in [0, 0.1) is 5.92 Å². The highest BCUT2D eigenvalue weighted by atomic mass is 16.6. The Morgan fingerprint density at radius 3 is 2.62 bits per heavy atom. The minimum atomic E-state index is -1.09. The summed E-state index contributed by atoms with van der Waals surface area (Å²) in [6.45, 7) is 7.22. The maximum absolute atomic E-state index is 11.7. The van der Waals surface area contributed by atoms with E-state index in [0.29, 0.717) is 5.92 Å². The van der Waals surface area contributed by atoms with Crippen molar-refractivity contribution in [1.82, 2.24) is 5.32 Å². The van der Waals surface area contributed by atoms with Gasteiger partial charge in [-0.05, 0) is 32.3 Å². The number of hydrogen-bond acceptors (Lipinski definition) is 3. The van der Waals surface area contributed by atoms with Crippen LogP contribution in [0.4, 0.5) is 4.79 Å². The molecule has 0 aromatic heterocycles. The van der Waals surface area contributed by atoms with Crippen molar-refractivity contribution in [2.24, 2.45) is 5.92 Å². The molecule has 1 amide bonds. The summed E-state index contributed by atoms with van der Waals surface area (Å²) in [5.74, 6) is -0.780. The first-order chi connectivity index (χ1) is 9.67. The maximum atomic E-state index is 11.7. The second-order valence-corrected chi connectivity index (χ2v) is 6.09. The lowest BCUT2D eigenvalue weighted by Crippen LogP contribution is -2.43. The third-order valence-corrected chi connectivity index (χ3v) is 2.77. The molecule has 1 aliphatic rings. The van der Waals surface area contributed by atoms with E-state index in [0.717, 1.165) is 5.57 Å². The number of carboxylic acid groups (broad SMARTS) is 1. The van der Waals surface area contributed by atoms with Crippen molar-refractivity contribution in [1.29, 1.82) is 0 Å². The minimum Gasteiger partial charge on any atom is -0.480 e. The van der Waals surface area contributed by atoms with Gasteiger partial charge < -0.3 is 15.2 Å². The molecule has 0 radical (unpaired) electrons. The molecule has 116 valence electrons. The summed E-state index contributed by atoms with van der Waals surface area (Å²) in [6.07, 6.45) is 9.12. The molecule has 2 atom stereocenters. The van der Waals surface area contributed by atoms with E-state index < -0.39 is 23.7 Å². The fraction of sp³-hybridized carbons (Fsp3) is 0.500. The molecule has 0 aromatic rings. The van der Waals surface area contributed by atoms with Crippen LogP contribution in [0.1, 0.15) is 34.1 Å². The molecular weight excluding hydrogens is 270 g/mol. The number of carboxylic acids is 1. The van der Waals surface area contributed by atoms with Crippen molar-refractivity contribution in [3.63, 3.8) is 0 Å². The second kappa shape index (κ2) is 7.11. The average molecular weight is 293 g/mol. The van der Waals surface area contributed by atoms with E-state index in [-0.39, 0.29) is 6.42 Å². The number of ether oxygens (including phenoxy) is 1. The number of alkyl carbamates (subject to hydrolysis) is 1. The van der Waals surface area contributed by atoms with E-state index in [1.165, 1.54) is 0 Å². The van der Waals surface area contributed by atoms with E-state index in [1.54, 1.807) is 20.8 Å². The normalized spacial score (nSPS) is 19.4. The summed E-state index contributed by atoms with van der Waals surface area (Å²) in [7, 11) is 0. The molecule has 5 heteroatoms. The van der Waals surface area contributed by atoms with Crippen LogP contribution in [-0.2, 0) is 9.53 Å². The van der Waals surface area contributed by atoms with Crippen molar-refractivity contribution < 1.29 is 19.4 Å². The molecule has 1 unspecified atom stereocenters. The minimum absolute atomic E-state index is 0.210. The Hall–Kier alpha value is -2.04. The Morgan fingerprint density at radius 2 is 2.05 bits per heavy atom. The zero-order chi connectivity index (χ0) is 16.0. The molecule has 0 aromatic carbocycles. The molecule has 0 aliphatic heterocycles. The van der Waals surface area contributed by atoms with Gasteiger partial charge >= 0.3 is 12.1 Å². The molecule has 1 rings (SSSR count). The Bertz CT molecular complexity index is 483. The van der Waals surface area contributed by atoms with E-state index >= 15 is 0 Å². The number of aliphatic carboxylic acids is 1. The molecule has 2 N–H and O–H groups in total. The van der Waals surface area contributed by atoms with E-state index in [4.69, 9.17) is 4.74 Å².